The zero-order chi connectivity index (χ0) is 20.0. The molecule has 2 aliphatic rings. The standard InChI is InChI=1S/C21H25NO5/c1-12-20(2,3)15-6-7-21(12,11-15)19(25)22-16-9-13(17(23)26-4)8-14(10-16)18(24)27-5/h8-10,15H,1,6-7,11H2,2-5H3,(H,22,25)/t15-,21-/m0/s1. The predicted octanol–water partition coefficient (Wildman–Crippen LogP) is 3.58. The number of hydrogen-bond acceptors (Lipinski definition) is 5. The summed E-state index contributed by atoms with van der Waals surface area (Å²) in [7, 11) is 2.52. The number of ether oxygens (including phenoxy) is 2. The van der Waals surface area contributed by atoms with Gasteiger partial charge in [-0.25, -0.2) is 9.59 Å². The molecule has 6 heteroatoms. The molecule has 1 N–H and O–H groups in total. The first kappa shape index (κ1) is 19.1. The SMILES string of the molecule is C=C1C(C)(C)[C@H]2CC[C@]1(C(=O)Nc1cc(C(=O)OC)cc(C(=O)OC)c1)C2. The van der Waals surface area contributed by atoms with E-state index in [1.54, 1.807) is 0 Å². The summed E-state index contributed by atoms with van der Waals surface area (Å²) in [5.41, 5.74) is 0.993. The number of benzene rings is 1. The van der Waals surface area contributed by atoms with E-state index in [0.29, 0.717) is 11.6 Å². The Kier molecular flexibility index (Phi) is 4.62. The minimum atomic E-state index is -0.596. The lowest BCUT2D eigenvalue weighted by Crippen LogP contribution is -2.37. The van der Waals surface area contributed by atoms with Crippen LogP contribution in [0.3, 0.4) is 0 Å². The van der Waals surface area contributed by atoms with Gasteiger partial charge in [0, 0.05) is 5.69 Å². The molecule has 2 atom stereocenters. The molecule has 0 spiro atoms. The second-order valence-electron chi connectivity index (χ2n) is 7.96. The zero-order valence-corrected chi connectivity index (χ0v) is 16.2. The third-order valence-corrected chi connectivity index (χ3v) is 6.36. The van der Waals surface area contributed by atoms with Crippen molar-refractivity contribution in [1.82, 2.24) is 0 Å². The molecule has 2 aliphatic carbocycles. The van der Waals surface area contributed by atoms with Crippen molar-refractivity contribution in [2.45, 2.75) is 33.1 Å². The van der Waals surface area contributed by atoms with Gasteiger partial charge in [0.25, 0.3) is 0 Å². The first-order valence-corrected chi connectivity index (χ1v) is 8.99. The van der Waals surface area contributed by atoms with Crippen molar-refractivity contribution in [1.29, 1.82) is 0 Å². The highest BCUT2D eigenvalue weighted by molar-refractivity contribution is 6.02. The monoisotopic (exact) mass is 371 g/mol. The fourth-order valence-electron chi connectivity index (χ4n) is 4.56. The van der Waals surface area contributed by atoms with Crippen molar-refractivity contribution < 1.29 is 23.9 Å². The molecule has 0 aromatic heterocycles. The molecule has 2 saturated carbocycles. The van der Waals surface area contributed by atoms with Crippen LogP contribution in [0.15, 0.2) is 30.4 Å². The smallest absolute Gasteiger partial charge is 0.337 e. The highest BCUT2D eigenvalue weighted by Gasteiger charge is 2.60. The number of nitrogens with one attached hydrogen (secondary N) is 1. The molecule has 0 aliphatic heterocycles. The van der Waals surface area contributed by atoms with Gasteiger partial charge in [-0.1, -0.05) is 26.0 Å². The summed E-state index contributed by atoms with van der Waals surface area (Å²) in [6.07, 6.45) is 2.55. The summed E-state index contributed by atoms with van der Waals surface area (Å²) in [5.74, 6) is -0.885. The lowest BCUT2D eigenvalue weighted by atomic mass is 9.68. The molecule has 1 aromatic rings. The van der Waals surface area contributed by atoms with E-state index in [-0.39, 0.29) is 22.4 Å². The summed E-state index contributed by atoms with van der Waals surface area (Å²) in [5, 5.41) is 2.89. The number of anilines is 1. The Bertz CT molecular complexity index is 807. The summed E-state index contributed by atoms with van der Waals surface area (Å²) < 4.78 is 9.48. The van der Waals surface area contributed by atoms with E-state index in [0.717, 1.165) is 24.8 Å². The zero-order valence-electron chi connectivity index (χ0n) is 16.2. The molecule has 0 unspecified atom stereocenters. The Morgan fingerprint density at radius 3 is 2.07 bits per heavy atom. The van der Waals surface area contributed by atoms with Crippen LogP contribution in [0.2, 0.25) is 0 Å². The second kappa shape index (κ2) is 6.51. The largest absolute Gasteiger partial charge is 0.465 e. The topological polar surface area (TPSA) is 81.7 Å². The van der Waals surface area contributed by atoms with E-state index >= 15 is 0 Å². The Labute approximate surface area is 158 Å². The van der Waals surface area contributed by atoms with Gasteiger partial charge < -0.3 is 14.8 Å². The first-order valence-electron chi connectivity index (χ1n) is 8.99. The van der Waals surface area contributed by atoms with Crippen LogP contribution in [-0.2, 0) is 14.3 Å². The van der Waals surface area contributed by atoms with Gasteiger partial charge >= 0.3 is 11.9 Å². The summed E-state index contributed by atoms with van der Waals surface area (Å²) in [6.45, 7) is 8.51. The van der Waals surface area contributed by atoms with E-state index in [1.807, 2.05) is 0 Å². The molecule has 2 bridgehead atoms. The molecule has 1 aromatic carbocycles. The third-order valence-electron chi connectivity index (χ3n) is 6.36. The van der Waals surface area contributed by atoms with Gasteiger partial charge in [0.2, 0.25) is 5.91 Å². The maximum Gasteiger partial charge on any atom is 0.337 e. The number of carbonyl (C=O) groups is 3. The van der Waals surface area contributed by atoms with Gasteiger partial charge in [-0.3, -0.25) is 4.79 Å². The quantitative estimate of drug-likeness (QED) is 0.646. The highest BCUT2D eigenvalue weighted by Crippen LogP contribution is 2.65. The van der Waals surface area contributed by atoms with Crippen molar-refractivity contribution in [2.24, 2.45) is 16.7 Å². The number of carbonyl (C=O) groups excluding carboxylic acids is 3. The number of rotatable bonds is 4. The van der Waals surface area contributed by atoms with Crippen LogP contribution >= 0.6 is 0 Å². The molecule has 144 valence electrons. The normalized spacial score (nSPS) is 25.2. The number of fused-ring (bicyclic) bond motifs is 2. The molecule has 0 radical (unpaired) electrons. The molecule has 6 nitrogen and oxygen atoms in total. The number of methoxy groups -OCH3 is 2. The fraction of sp³-hybridized carbons (Fsp3) is 0.476. The van der Waals surface area contributed by atoms with E-state index in [4.69, 9.17) is 9.47 Å². The fourth-order valence-corrected chi connectivity index (χ4v) is 4.56. The second-order valence-corrected chi connectivity index (χ2v) is 7.96. The number of amides is 1. The Morgan fingerprint density at radius 2 is 1.63 bits per heavy atom. The van der Waals surface area contributed by atoms with Crippen LogP contribution in [0.25, 0.3) is 0 Å². The maximum atomic E-state index is 13.2. The minimum absolute atomic E-state index is 0.0688. The van der Waals surface area contributed by atoms with Gasteiger partial charge in [0.15, 0.2) is 0 Å². The van der Waals surface area contributed by atoms with Crippen LogP contribution in [0.5, 0.6) is 0 Å². The average Bonchev–Trinajstić information content (AvgIpc) is 3.19. The maximum absolute atomic E-state index is 13.2. The molecule has 1 amide bonds. The van der Waals surface area contributed by atoms with Crippen LogP contribution in [0.4, 0.5) is 5.69 Å². The Hall–Kier alpha value is -2.63. The van der Waals surface area contributed by atoms with Gasteiger partial charge in [-0.15, -0.1) is 0 Å². The lowest BCUT2D eigenvalue weighted by molar-refractivity contribution is -0.123. The molecular formula is C21H25NO5. The van der Waals surface area contributed by atoms with Crippen LogP contribution < -0.4 is 5.32 Å². The molecule has 2 fully saturated rings. The third kappa shape index (κ3) is 2.93. The van der Waals surface area contributed by atoms with Gasteiger partial charge in [-0.05, 0) is 48.8 Å². The summed E-state index contributed by atoms with van der Waals surface area (Å²) in [6, 6.07) is 4.39. The molecule has 27 heavy (non-hydrogen) atoms. The average molecular weight is 371 g/mol. The predicted molar refractivity (Wildman–Crippen MR) is 100 cm³/mol. The van der Waals surface area contributed by atoms with Gasteiger partial charge in [0.05, 0.1) is 30.8 Å². The Morgan fingerprint density at radius 1 is 1.07 bits per heavy atom. The Balaban J connectivity index is 1.93. The molecule has 0 saturated heterocycles. The number of hydrogen-bond donors (Lipinski definition) is 1. The van der Waals surface area contributed by atoms with Crippen LogP contribution in [0.1, 0.15) is 53.8 Å². The first-order chi connectivity index (χ1) is 12.7. The van der Waals surface area contributed by atoms with E-state index in [1.165, 1.54) is 32.4 Å². The van der Waals surface area contributed by atoms with Gasteiger partial charge in [0.1, 0.15) is 0 Å². The van der Waals surface area contributed by atoms with Crippen LogP contribution in [-0.4, -0.2) is 32.1 Å². The summed E-state index contributed by atoms with van der Waals surface area (Å²) in [4.78, 5) is 37.1. The molecule has 0 heterocycles. The van der Waals surface area contributed by atoms with Gasteiger partial charge in [-0.2, -0.15) is 0 Å². The molecule has 3 rings (SSSR count). The van der Waals surface area contributed by atoms with Crippen molar-refractivity contribution in [3.63, 3.8) is 0 Å². The van der Waals surface area contributed by atoms with Crippen molar-refractivity contribution in [2.75, 3.05) is 19.5 Å². The minimum Gasteiger partial charge on any atom is -0.465 e. The number of esters is 2. The van der Waals surface area contributed by atoms with E-state index < -0.39 is 17.4 Å². The lowest BCUT2D eigenvalue weighted by Gasteiger charge is -2.37. The molecular weight excluding hydrogens is 346 g/mol. The highest BCUT2D eigenvalue weighted by atomic mass is 16.5. The van der Waals surface area contributed by atoms with Crippen molar-refractivity contribution >= 4 is 23.5 Å². The van der Waals surface area contributed by atoms with Crippen molar-refractivity contribution in [3.8, 4) is 0 Å². The van der Waals surface area contributed by atoms with Crippen molar-refractivity contribution in [3.05, 3.63) is 41.5 Å². The summed E-state index contributed by atoms with van der Waals surface area (Å²) >= 11 is 0. The van der Waals surface area contributed by atoms with E-state index in [2.05, 4.69) is 25.7 Å². The van der Waals surface area contributed by atoms with Crippen LogP contribution in [0, 0.1) is 16.7 Å². The van der Waals surface area contributed by atoms with E-state index in [9.17, 15) is 14.4 Å².